The Hall–Kier alpha value is -3.20. The Kier molecular flexibility index (Phi) is 7.29. The molecule has 0 aliphatic carbocycles. The van der Waals surface area contributed by atoms with Crippen LogP contribution in [-0.4, -0.2) is 44.5 Å². The molecular formula is C23H25ClN4O4. The highest BCUT2D eigenvalue weighted by molar-refractivity contribution is 6.31. The molecule has 0 spiro atoms. The molecule has 0 aliphatic heterocycles. The SMILES string of the molecule is CC(C)(CO)c1ccc(Nc2ncc(C(=O)O)c(N[C@H](CO)c3ccccc3)n2)cc1Cl. The van der Waals surface area contributed by atoms with Crippen LogP contribution in [0.1, 0.15) is 41.4 Å². The molecule has 8 nitrogen and oxygen atoms in total. The molecule has 1 atom stereocenters. The minimum Gasteiger partial charge on any atom is -0.477 e. The summed E-state index contributed by atoms with van der Waals surface area (Å²) >= 11 is 6.40. The second-order valence-electron chi connectivity index (χ2n) is 7.91. The van der Waals surface area contributed by atoms with Gasteiger partial charge in [-0.25, -0.2) is 9.78 Å². The molecule has 0 fully saturated rings. The molecule has 32 heavy (non-hydrogen) atoms. The summed E-state index contributed by atoms with van der Waals surface area (Å²) in [5.41, 5.74) is 1.56. The van der Waals surface area contributed by atoms with E-state index in [1.165, 1.54) is 6.20 Å². The fourth-order valence-electron chi connectivity index (χ4n) is 3.15. The van der Waals surface area contributed by atoms with E-state index in [2.05, 4.69) is 20.6 Å². The Bertz CT molecular complexity index is 1090. The summed E-state index contributed by atoms with van der Waals surface area (Å²) in [5, 5.41) is 35.4. The first-order valence-corrected chi connectivity index (χ1v) is 10.3. The van der Waals surface area contributed by atoms with E-state index in [0.717, 1.165) is 11.1 Å². The van der Waals surface area contributed by atoms with E-state index in [4.69, 9.17) is 11.6 Å². The van der Waals surface area contributed by atoms with Crippen molar-refractivity contribution in [2.45, 2.75) is 25.3 Å². The minimum absolute atomic E-state index is 0.0538. The van der Waals surface area contributed by atoms with Crippen molar-refractivity contribution < 1.29 is 20.1 Å². The minimum atomic E-state index is -1.19. The lowest BCUT2D eigenvalue weighted by molar-refractivity contribution is 0.0697. The molecule has 0 bridgehead atoms. The number of nitrogens with one attached hydrogen (secondary N) is 2. The van der Waals surface area contributed by atoms with Crippen LogP contribution in [0.15, 0.2) is 54.7 Å². The van der Waals surface area contributed by atoms with E-state index in [1.54, 1.807) is 12.1 Å². The molecule has 168 valence electrons. The Labute approximate surface area is 190 Å². The fourth-order valence-corrected chi connectivity index (χ4v) is 3.59. The molecule has 0 saturated carbocycles. The topological polar surface area (TPSA) is 128 Å². The molecule has 0 saturated heterocycles. The zero-order valence-corrected chi connectivity index (χ0v) is 18.5. The third kappa shape index (κ3) is 5.34. The number of carboxylic acids is 1. The molecule has 0 aliphatic rings. The molecule has 5 N–H and O–H groups in total. The van der Waals surface area contributed by atoms with Crippen molar-refractivity contribution in [3.8, 4) is 0 Å². The van der Waals surface area contributed by atoms with Gasteiger partial charge < -0.3 is 26.0 Å². The summed E-state index contributed by atoms with van der Waals surface area (Å²) in [6.45, 7) is 3.46. The van der Waals surface area contributed by atoms with Crippen LogP contribution < -0.4 is 10.6 Å². The number of aliphatic hydroxyl groups excluding tert-OH is 2. The Morgan fingerprint density at radius 2 is 1.88 bits per heavy atom. The van der Waals surface area contributed by atoms with Crippen molar-refractivity contribution in [2.24, 2.45) is 0 Å². The van der Waals surface area contributed by atoms with Gasteiger partial charge in [0.15, 0.2) is 0 Å². The highest BCUT2D eigenvalue weighted by atomic mass is 35.5. The van der Waals surface area contributed by atoms with Crippen LogP contribution in [0.2, 0.25) is 5.02 Å². The molecule has 2 aromatic carbocycles. The lowest BCUT2D eigenvalue weighted by Gasteiger charge is -2.24. The molecule has 0 radical (unpaired) electrons. The molecule has 9 heteroatoms. The average Bonchev–Trinajstić information content (AvgIpc) is 2.78. The van der Waals surface area contributed by atoms with E-state index in [0.29, 0.717) is 10.7 Å². The number of aliphatic hydroxyl groups is 2. The van der Waals surface area contributed by atoms with Gasteiger partial charge in [-0.15, -0.1) is 0 Å². The number of aromatic nitrogens is 2. The highest BCUT2D eigenvalue weighted by Crippen LogP contribution is 2.32. The number of carboxylic acid groups (broad SMARTS) is 1. The lowest BCUT2D eigenvalue weighted by atomic mass is 9.85. The monoisotopic (exact) mass is 456 g/mol. The van der Waals surface area contributed by atoms with Gasteiger partial charge in [0.2, 0.25) is 5.95 Å². The number of benzene rings is 2. The van der Waals surface area contributed by atoms with Gasteiger partial charge in [-0.2, -0.15) is 4.98 Å². The summed E-state index contributed by atoms with van der Waals surface area (Å²) in [4.78, 5) is 20.1. The van der Waals surface area contributed by atoms with Crippen molar-refractivity contribution in [1.29, 1.82) is 0 Å². The van der Waals surface area contributed by atoms with Gasteiger partial charge in [0, 0.05) is 22.3 Å². The van der Waals surface area contributed by atoms with Crippen LogP contribution in [0.25, 0.3) is 0 Å². The first kappa shape index (κ1) is 23.5. The molecule has 0 amide bonds. The van der Waals surface area contributed by atoms with Crippen molar-refractivity contribution in [3.63, 3.8) is 0 Å². The molecule has 1 aromatic heterocycles. The molecule has 1 heterocycles. The molecule has 3 aromatic rings. The quantitative estimate of drug-likeness (QED) is 0.327. The smallest absolute Gasteiger partial charge is 0.341 e. The number of halogens is 1. The maximum absolute atomic E-state index is 11.7. The van der Waals surface area contributed by atoms with Crippen LogP contribution in [0.3, 0.4) is 0 Å². The lowest BCUT2D eigenvalue weighted by Crippen LogP contribution is -2.22. The Balaban J connectivity index is 1.89. The number of aromatic carboxylic acids is 1. The van der Waals surface area contributed by atoms with E-state index in [9.17, 15) is 20.1 Å². The van der Waals surface area contributed by atoms with E-state index >= 15 is 0 Å². The first-order valence-electron chi connectivity index (χ1n) is 9.95. The fraction of sp³-hybridized carbons (Fsp3) is 0.261. The third-order valence-corrected chi connectivity index (χ3v) is 5.38. The second-order valence-corrected chi connectivity index (χ2v) is 8.32. The molecular weight excluding hydrogens is 432 g/mol. The van der Waals surface area contributed by atoms with Crippen molar-refractivity contribution >= 4 is 35.0 Å². The van der Waals surface area contributed by atoms with Gasteiger partial charge in [-0.05, 0) is 23.3 Å². The Morgan fingerprint density at radius 3 is 2.47 bits per heavy atom. The standard InChI is InChI=1S/C23H25ClN4O4/c1-23(2,13-30)17-9-8-15(10-18(17)24)26-22-25-11-16(21(31)32)20(28-22)27-19(12-29)14-6-4-3-5-7-14/h3-11,19,29-30H,12-13H2,1-2H3,(H,31,32)(H2,25,26,27,28)/t19-/m1/s1. The second kappa shape index (κ2) is 9.95. The molecule has 3 rings (SSSR count). The van der Waals surface area contributed by atoms with Crippen LogP contribution in [0, 0.1) is 0 Å². The highest BCUT2D eigenvalue weighted by Gasteiger charge is 2.23. The van der Waals surface area contributed by atoms with E-state index < -0.39 is 17.4 Å². The number of hydrogen-bond donors (Lipinski definition) is 5. The predicted octanol–water partition coefficient (Wildman–Crippen LogP) is 3.99. The number of anilines is 3. The normalized spacial score (nSPS) is 12.3. The van der Waals surface area contributed by atoms with Crippen LogP contribution >= 0.6 is 11.6 Å². The zero-order chi connectivity index (χ0) is 23.3. The van der Waals surface area contributed by atoms with Crippen molar-refractivity contribution in [2.75, 3.05) is 23.8 Å². The molecule has 0 unspecified atom stereocenters. The van der Waals surface area contributed by atoms with Gasteiger partial charge in [-0.3, -0.25) is 0 Å². The Morgan fingerprint density at radius 1 is 1.16 bits per heavy atom. The van der Waals surface area contributed by atoms with Gasteiger partial charge in [0.1, 0.15) is 11.4 Å². The van der Waals surface area contributed by atoms with Gasteiger partial charge in [0.05, 0.1) is 19.3 Å². The number of rotatable bonds is 9. The number of carbonyl (C=O) groups is 1. The first-order chi connectivity index (χ1) is 15.2. The summed E-state index contributed by atoms with van der Waals surface area (Å²) in [5.74, 6) is -0.961. The van der Waals surface area contributed by atoms with Crippen molar-refractivity contribution in [3.05, 3.63) is 76.4 Å². The third-order valence-electron chi connectivity index (χ3n) is 5.06. The maximum atomic E-state index is 11.7. The van der Waals surface area contributed by atoms with Crippen LogP contribution in [-0.2, 0) is 5.41 Å². The number of nitrogens with zero attached hydrogens (tertiary/aromatic N) is 2. The summed E-state index contributed by atoms with van der Waals surface area (Å²) in [6.07, 6.45) is 1.20. The van der Waals surface area contributed by atoms with E-state index in [1.807, 2.05) is 50.2 Å². The summed E-state index contributed by atoms with van der Waals surface area (Å²) in [7, 11) is 0. The average molecular weight is 457 g/mol. The largest absolute Gasteiger partial charge is 0.477 e. The maximum Gasteiger partial charge on any atom is 0.341 e. The predicted molar refractivity (Wildman–Crippen MR) is 124 cm³/mol. The number of hydrogen-bond acceptors (Lipinski definition) is 7. The van der Waals surface area contributed by atoms with Crippen LogP contribution in [0.5, 0.6) is 0 Å². The van der Waals surface area contributed by atoms with Gasteiger partial charge in [0.25, 0.3) is 0 Å². The summed E-state index contributed by atoms with van der Waals surface area (Å²) in [6, 6.07) is 13.9. The van der Waals surface area contributed by atoms with Gasteiger partial charge >= 0.3 is 5.97 Å². The van der Waals surface area contributed by atoms with Gasteiger partial charge in [-0.1, -0.05) is 61.8 Å². The zero-order valence-electron chi connectivity index (χ0n) is 17.7. The summed E-state index contributed by atoms with van der Waals surface area (Å²) < 4.78 is 0. The van der Waals surface area contributed by atoms with Crippen molar-refractivity contribution in [1.82, 2.24) is 9.97 Å². The van der Waals surface area contributed by atoms with Crippen LogP contribution in [0.4, 0.5) is 17.5 Å². The van der Waals surface area contributed by atoms with E-state index in [-0.39, 0.29) is 30.5 Å².